The van der Waals surface area contributed by atoms with Gasteiger partial charge in [0.05, 0.1) is 0 Å². The molecule has 4 heteroatoms. The number of hydrogen-bond donors (Lipinski definition) is 1. The molecule has 0 unspecified atom stereocenters. The molecule has 0 heterocycles. The van der Waals surface area contributed by atoms with Gasteiger partial charge in [0, 0.05) is 11.4 Å². The number of aryl methyl sites for hydroxylation is 2. The smallest absolute Gasteiger partial charge is 0.345 e. The average Bonchev–Trinajstić information content (AvgIpc) is 2.43. The van der Waals surface area contributed by atoms with Gasteiger partial charge in [-0.2, -0.15) is 0 Å². The van der Waals surface area contributed by atoms with Crippen molar-refractivity contribution in [2.24, 2.45) is 0 Å². The summed E-state index contributed by atoms with van der Waals surface area (Å²) in [6, 6.07) is 12.6. The molecule has 0 bridgehead atoms. The van der Waals surface area contributed by atoms with Crippen molar-refractivity contribution in [3.63, 3.8) is 0 Å². The van der Waals surface area contributed by atoms with E-state index in [0.717, 1.165) is 16.7 Å². The summed E-state index contributed by atoms with van der Waals surface area (Å²) in [7, 11) is 0. The quantitative estimate of drug-likeness (QED) is 0.907. The van der Waals surface area contributed by atoms with Gasteiger partial charge >= 0.3 is 5.97 Å². The molecule has 0 saturated heterocycles. The van der Waals surface area contributed by atoms with Crippen LogP contribution in [0.5, 0.6) is 5.75 Å². The van der Waals surface area contributed by atoms with E-state index in [1.807, 2.05) is 32.0 Å². The second-order valence-electron chi connectivity index (χ2n) is 5.03. The highest BCUT2D eigenvalue weighted by Crippen LogP contribution is 2.19. The third-order valence-electron chi connectivity index (χ3n) is 3.27. The molecule has 0 aliphatic heterocycles. The molecule has 1 N–H and O–H groups in total. The maximum absolute atomic E-state index is 11.4. The number of ether oxygens (including phenoxy) is 1. The Morgan fingerprint density at radius 3 is 2.43 bits per heavy atom. The number of benzene rings is 2. The molecule has 0 spiro atoms. The Morgan fingerprint density at radius 1 is 1.19 bits per heavy atom. The standard InChI is InChI=1S/C17H17ClO3/c1-11-3-4-13(12(2)9-11)10-16(17(19)20)21-15-7-5-14(18)6-8-15/h3-9,16H,10H2,1-2H3,(H,19,20)/t16-/m0/s1. The van der Waals surface area contributed by atoms with Gasteiger partial charge < -0.3 is 9.84 Å². The number of carbonyl (C=O) groups is 1. The molecule has 0 amide bonds. The Bertz CT molecular complexity index is 635. The molecule has 2 aromatic rings. The van der Waals surface area contributed by atoms with E-state index in [9.17, 15) is 9.90 Å². The van der Waals surface area contributed by atoms with Crippen molar-refractivity contribution in [3.8, 4) is 5.75 Å². The number of carboxylic acid groups (broad SMARTS) is 1. The molecule has 110 valence electrons. The predicted molar refractivity (Wildman–Crippen MR) is 83.1 cm³/mol. The van der Waals surface area contributed by atoms with Crippen molar-refractivity contribution in [1.29, 1.82) is 0 Å². The highest BCUT2D eigenvalue weighted by molar-refractivity contribution is 6.30. The van der Waals surface area contributed by atoms with Crippen LogP contribution in [0.4, 0.5) is 0 Å². The topological polar surface area (TPSA) is 46.5 Å². The Labute approximate surface area is 129 Å². The zero-order chi connectivity index (χ0) is 15.4. The van der Waals surface area contributed by atoms with Crippen LogP contribution in [0.15, 0.2) is 42.5 Å². The molecule has 0 aliphatic rings. The van der Waals surface area contributed by atoms with Gasteiger partial charge in [-0.05, 0) is 49.2 Å². The molecular weight excluding hydrogens is 288 g/mol. The van der Waals surface area contributed by atoms with E-state index in [4.69, 9.17) is 16.3 Å². The van der Waals surface area contributed by atoms with E-state index in [0.29, 0.717) is 17.2 Å². The highest BCUT2D eigenvalue weighted by atomic mass is 35.5. The molecule has 2 rings (SSSR count). The molecule has 21 heavy (non-hydrogen) atoms. The van der Waals surface area contributed by atoms with E-state index < -0.39 is 12.1 Å². The fourth-order valence-electron chi connectivity index (χ4n) is 2.13. The van der Waals surface area contributed by atoms with Crippen molar-refractivity contribution in [3.05, 3.63) is 64.2 Å². The molecule has 3 nitrogen and oxygen atoms in total. The Hall–Kier alpha value is -2.00. The average molecular weight is 305 g/mol. The highest BCUT2D eigenvalue weighted by Gasteiger charge is 2.21. The summed E-state index contributed by atoms with van der Waals surface area (Å²) >= 11 is 5.80. The first-order valence-electron chi connectivity index (χ1n) is 6.67. The Kier molecular flexibility index (Phi) is 4.86. The van der Waals surface area contributed by atoms with Crippen LogP contribution in [-0.2, 0) is 11.2 Å². The molecule has 0 fully saturated rings. The van der Waals surface area contributed by atoms with Crippen molar-refractivity contribution in [1.82, 2.24) is 0 Å². The lowest BCUT2D eigenvalue weighted by Gasteiger charge is -2.16. The molecule has 0 radical (unpaired) electrons. The first kappa shape index (κ1) is 15.4. The Balaban J connectivity index is 2.15. The zero-order valence-corrected chi connectivity index (χ0v) is 12.7. The van der Waals surface area contributed by atoms with E-state index in [-0.39, 0.29) is 0 Å². The van der Waals surface area contributed by atoms with Gasteiger partial charge in [0.25, 0.3) is 0 Å². The van der Waals surface area contributed by atoms with Crippen LogP contribution in [0, 0.1) is 13.8 Å². The summed E-state index contributed by atoms with van der Waals surface area (Å²) in [5, 5.41) is 9.93. The van der Waals surface area contributed by atoms with Crippen molar-refractivity contribution in [2.75, 3.05) is 0 Å². The summed E-state index contributed by atoms with van der Waals surface area (Å²) in [6.45, 7) is 3.99. The summed E-state index contributed by atoms with van der Waals surface area (Å²) < 4.78 is 5.56. The lowest BCUT2D eigenvalue weighted by Crippen LogP contribution is -2.29. The molecular formula is C17H17ClO3. The third-order valence-corrected chi connectivity index (χ3v) is 3.52. The molecule has 0 aromatic heterocycles. The number of rotatable bonds is 5. The lowest BCUT2D eigenvalue weighted by atomic mass is 10.0. The second kappa shape index (κ2) is 6.64. The minimum absolute atomic E-state index is 0.323. The van der Waals surface area contributed by atoms with Crippen molar-refractivity contribution < 1.29 is 14.6 Å². The zero-order valence-electron chi connectivity index (χ0n) is 12.0. The monoisotopic (exact) mass is 304 g/mol. The van der Waals surface area contributed by atoms with Crippen molar-refractivity contribution in [2.45, 2.75) is 26.4 Å². The van der Waals surface area contributed by atoms with Gasteiger partial charge in [0.15, 0.2) is 6.10 Å². The van der Waals surface area contributed by atoms with Gasteiger partial charge in [-0.1, -0.05) is 35.4 Å². The van der Waals surface area contributed by atoms with Gasteiger partial charge in [-0.25, -0.2) is 4.79 Å². The van der Waals surface area contributed by atoms with Crippen LogP contribution in [0.25, 0.3) is 0 Å². The predicted octanol–water partition coefficient (Wildman–Crippen LogP) is 4.03. The van der Waals surface area contributed by atoms with Crippen LogP contribution in [0.3, 0.4) is 0 Å². The largest absolute Gasteiger partial charge is 0.478 e. The first-order valence-corrected chi connectivity index (χ1v) is 7.04. The molecule has 1 atom stereocenters. The number of hydrogen-bond acceptors (Lipinski definition) is 2. The van der Waals surface area contributed by atoms with E-state index in [2.05, 4.69) is 0 Å². The Morgan fingerprint density at radius 2 is 1.86 bits per heavy atom. The molecule has 0 aliphatic carbocycles. The summed E-state index contributed by atoms with van der Waals surface area (Å²) in [5.41, 5.74) is 3.20. The summed E-state index contributed by atoms with van der Waals surface area (Å²) in [5.74, 6) is -0.485. The van der Waals surface area contributed by atoms with Crippen LogP contribution < -0.4 is 4.74 Å². The first-order chi connectivity index (χ1) is 9.95. The third kappa shape index (κ3) is 4.23. The summed E-state index contributed by atoms with van der Waals surface area (Å²) in [6.07, 6.45) is -0.600. The van der Waals surface area contributed by atoms with E-state index >= 15 is 0 Å². The van der Waals surface area contributed by atoms with Crippen LogP contribution in [0.2, 0.25) is 5.02 Å². The van der Waals surface area contributed by atoms with Gasteiger partial charge in [0.2, 0.25) is 0 Å². The maximum atomic E-state index is 11.4. The van der Waals surface area contributed by atoms with Crippen LogP contribution in [0.1, 0.15) is 16.7 Å². The van der Waals surface area contributed by atoms with Gasteiger partial charge in [-0.3, -0.25) is 0 Å². The molecule has 0 saturated carbocycles. The molecule has 2 aromatic carbocycles. The fraction of sp³-hybridized carbons (Fsp3) is 0.235. The SMILES string of the molecule is Cc1ccc(C[C@H](Oc2ccc(Cl)cc2)C(=O)O)c(C)c1. The van der Waals surface area contributed by atoms with Crippen LogP contribution in [-0.4, -0.2) is 17.2 Å². The maximum Gasteiger partial charge on any atom is 0.345 e. The minimum atomic E-state index is -0.982. The van der Waals surface area contributed by atoms with Crippen LogP contribution >= 0.6 is 11.6 Å². The lowest BCUT2D eigenvalue weighted by molar-refractivity contribution is -0.145. The number of halogens is 1. The fourth-order valence-corrected chi connectivity index (χ4v) is 2.26. The number of carboxylic acids is 1. The normalized spacial score (nSPS) is 12.0. The van der Waals surface area contributed by atoms with E-state index in [1.165, 1.54) is 0 Å². The van der Waals surface area contributed by atoms with Gasteiger partial charge in [0.1, 0.15) is 5.75 Å². The van der Waals surface area contributed by atoms with E-state index in [1.54, 1.807) is 24.3 Å². The summed E-state index contributed by atoms with van der Waals surface area (Å²) in [4.78, 5) is 11.4. The number of aliphatic carboxylic acids is 1. The van der Waals surface area contributed by atoms with Crippen molar-refractivity contribution >= 4 is 17.6 Å². The minimum Gasteiger partial charge on any atom is -0.478 e. The second-order valence-corrected chi connectivity index (χ2v) is 5.47. The van der Waals surface area contributed by atoms with Gasteiger partial charge in [-0.15, -0.1) is 0 Å².